The molecule has 0 bridgehead atoms. The lowest BCUT2D eigenvalue weighted by Gasteiger charge is -2.08. The molecule has 1 aliphatic heterocycles. The zero-order valence-corrected chi connectivity index (χ0v) is 6.54. The highest BCUT2D eigenvalue weighted by Gasteiger charge is 2.19. The maximum absolute atomic E-state index is 10.8. The highest BCUT2D eigenvalue weighted by molar-refractivity contribution is 5.70. The van der Waals surface area contributed by atoms with Crippen molar-refractivity contribution >= 4 is 5.97 Å². The van der Waals surface area contributed by atoms with Crippen LogP contribution in [-0.2, 0) is 19.0 Å². The van der Waals surface area contributed by atoms with Crippen LogP contribution in [0.1, 0.15) is 6.42 Å². The van der Waals surface area contributed by atoms with Crippen LogP contribution in [0.5, 0.6) is 0 Å². The predicted octanol–water partition coefficient (Wildman–Crippen LogP) is -0.0351. The summed E-state index contributed by atoms with van der Waals surface area (Å²) in [5, 5.41) is 0. The average molecular weight is 160 g/mol. The van der Waals surface area contributed by atoms with Gasteiger partial charge >= 0.3 is 5.97 Å². The SMILES string of the molecule is COCC(=O)OC1CCOC1. The highest BCUT2D eigenvalue weighted by Crippen LogP contribution is 2.07. The van der Waals surface area contributed by atoms with Crippen molar-refractivity contribution in [1.29, 1.82) is 0 Å². The molecule has 0 spiro atoms. The molecule has 1 unspecified atom stereocenters. The second kappa shape index (κ2) is 4.31. The first-order chi connectivity index (χ1) is 5.33. The minimum atomic E-state index is -0.317. The van der Waals surface area contributed by atoms with Crippen LogP contribution in [-0.4, -0.2) is 39.0 Å². The van der Waals surface area contributed by atoms with Gasteiger partial charge < -0.3 is 14.2 Å². The fraction of sp³-hybridized carbons (Fsp3) is 0.857. The van der Waals surface area contributed by atoms with Gasteiger partial charge in [-0.05, 0) is 0 Å². The molecule has 0 aromatic heterocycles. The molecule has 4 heteroatoms. The second-order valence-corrected chi connectivity index (χ2v) is 2.41. The van der Waals surface area contributed by atoms with E-state index in [1.807, 2.05) is 0 Å². The van der Waals surface area contributed by atoms with Crippen LogP contribution in [0, 0.1) is 0 Å². The smallest absolute Gasteiger partial charge is 0.332 e. The van der Waals surface area contributed by atoms with Gasteiger partial charge in [-0.3, -0.25) is 0 Å². The van der Waals surface area contributed by atoms with Gasteiger partial charge in [-0.15, -0.1) is 0 Å². The Morgan fingerprint density at radius 1 is 1.73 bits per heavy atom. The summed E-state index contributed by atoms with van der Waals surface area (Å²) < 4.78 is 14.6. The van der Waals surface area contributed by atoms with Crippen LogP contribution >= 0.6 is 0 Å². The summed E-state index contributed by atoms with van der Waals surface area (Å²) in [5.74, 6) is -0.317. The Kier molecular flexibility index (Phi) is 3.32. The van der Waals surface area contributed by atoms with E-state index in [4.69, 9.17) is 9.47 Å². The average Bonchev–Trinajstić information content (AvgIpc) is 2.40. The molecule has 0 N–H and O–H groups in total. The zero-order chi connectivity index (χ0) is 8.10. The molecule has 64 valence electrons. The third kappa shape index (κ3) is 2.86. The number of hydrogen-bond donors (Lipinski definition) is 0. The number of carbonyl (C=O) groups excluding carboxylic acids is 1. The normalized spacial score (nSPS) is 23.5. The van der Waals surface area contributed by atoms with Crippen molar-refractivity contribution < 1.29 is 19.0 Å². The van der Waals surface area contributed by atoms with E-state index in [0.29, 0.717) is 13.2 Å². The molecular formula is C7H12O4. The van der Waals surface area contributed by atoms with Crippen molar-refractivity contribution in [2.24, 2.45) is 0 Å². The van der Waals surface area contributed by atoms with Gasteiger partial charge in [0, 0.05) is 13.5 Å². The molecule has 1 atom stereocenters. The van der Waals surface area contributed by atoms with E-state index in [9.17, 15) is 4.79 Å². The number of methoxy groups -OCH3 is 1. The van der Waals surface area contributed by atoms with E-state index in [-0.39, 0.29) is 18.7 Å². The summed E-state index contributed by atoms with van der Waals surface area (Å²) in [6.07, 6.45) is 0.743. The minimum absolute atomic E-state index is 0.0243. The predicted molar refractivity (Wildman–Crippen MR) is 37.2 cm³/mol. The monoisotopic (exact) mass is 160 g/mol. The Labute approximate surface area is 65.4 Å². The molecule has 1 fully saturated rings. The molecule has 11 heavy (non-hydrogen) atoms. The van der Waals surface area contributed by atoms with Gasteiger partial charge in [0.2, 0.25) is 0 Å². The van der Waals surface area contributed by atoms with Gasteiger partial charge in [-0.2, -0.15) is 0 Å². The van der Waals surface area contributed by atoms with Crippen molar-refractivity contribution in [2.75, 3.05) is 26.9 Å². The van der Waals surface area contributed by atoms with Gasteiger partial charge in [-0.1, -0.05) is 0 Å². The number of ether oxygens (including phenoxy) is 3. The van der Waals surface area contributed by atoms with Crippen LogP contribution in [0.25, 0.3) is 0 Å². The Balaban J connectivity index is 2.13. The van der Waals surface area contributed by atoms with Crippen LogP contribution in [0.15, 0.2) is 0 Å². The standard InChI is InChI=1S/C7H12O4/c1-9-5-7(8)11-6-2-3-10-4-6/h6H,2-5H2,1H3. The largest absolute Gasteiger partial charge is 0.458 e. The lowest BCUT2D eigenvalue weighted by atomic mass is 10.3. The Morgan fingerprint density at radius 2 is 2.55 bits per heavy atom. The summed E-state index contributed by atoms with van der Waals surface area (Å²) in [4.78, 5) is 10.8. The number of esters is 1. The van der Waals surface area contributed by atoms with E-state index in [1.54, 1.807) is 0 Å². The topological polar surface area (TPSA) is 44.8 Å². The second-order valence-electron chi connectivity index (χ2n) is 2.41. The van der Waals surface area contributed by atoms with Crippen LogP contribution in [0.2, 0.25) is 0 Å². The summed E-state index contributed by atoms with van der Waals surface area (Å²) in [6, 6.07) is 0. The quantitative estimate of drug-likeness (QED) is 0.543. The fourth-order valence-corrected chi connectivity index (χ4v) is 0.944. The molecule has 0 aromatic rings. The fourth-order valence-electron chi connectivity index (χ4n) is 0.944. The maximum Gasteiger partial charge on any atom is 0.332 e. The molecule has 1 aliphatic rings. The third-order valence-electron chi connectivity index (χ3n) is 1.45. The third-order valence-corrected chi connectivity index (χ3v) is 1.45. The maximum atomic E-state index is 10.8. The molecule has 0 radical (unpaired) electrons. The van der Waals surface area contributed by atoms with Crippen molar-refractivity contribution in [3.8, 4) is 0 Å². The molecule has 0 aliphatic carbocycles. The number of hydrogen-bond acceptors (Lipinski definition) is 4. The lowest BCUT2D eigenvalue weighted by molar-refractivity contribution is -0.153. The molecule has 0 aromatic carbocycles. The minimum Gasteiger partial charge on any atom is -0.458 e. The molecular weight excluding hydrogens is 148 g/mol. The van der Waals surface area contributed by atoms with Gasteiger partial charge in [-0.25, -0.2) is 4.79 Å². The number of rotatable bonds is 3. The number of carbonyl (C=O) groups is 1. The Bertz CT molecular complexity index is 128. The van der Waals surface area contributed by atoms with Gasteiger partial charge in [0.1, 0.15) is 12.7 Å². The first-order valence-electron chi connectivity index (χ1n) is 3.59. The highest BCUT2D eigenvalue weighted by atomic mass is 16.6. The lowest BCUT2D eigenvalue weighted by Crippen LogP contribution is -2.20. The van der Waals surface area contributed by atoms with E-state index >= 15 is 0 Å². The summed E-state index contributed by atoms with van der Waals surface area (Å²) in [5.41, 5.74) is 0. The van der Waals surface area contributed by atoms with Gasteiger partial charge in [0.05, 0.1) is 13.2 Å². The van der Waals surface area contributed by atoms with E-state index < -0.39 is 0 Å². The van der Waals surface area contributed by atoms with E-state index in [1.165, 1.54) is 7.11 Å². The first-order valence-corrected chi connectivity index (χ1v) is 3.59. The van der Waals surface area contributed by atoms with E-state index in [0.717, 1.165) is 6.42 Å². The van der Waals surface area contributed by atoms with Crippen LogP contribution < -0.4 is 0 Å². The zero-order valence-electron chi connectivity index (χ0n) is 6.54. The molecule has 0 saturated carbocycles. The Hall–Kier alpha value is -0.610. The molecule has 0 amide bonds. The molecule has 1 heterocycles. The molecule has 4 nitrogen and oxygen atoms in total. The molecule has 1 saturated heterocycles. The summed E-state index contributed by atoms with van der Waals surface area (Å²) in [7, 11) is 1.46. The van der Waals surface area contributed by atoms with Crippen LogP contribution in [0.4, 0.5) is 0 Å². The van der Waals surface area contributed by atoms with Crippen molar-refractivity contribution in [3.05, 3.63) is 0 Å². The van der Waals surface area contributed by atoms with Crippen molar-refractivity contribution in [1.82, 2.24) is 0 Å². The first kappa shape index (κ1) is 8.49. The van der Waals surface area contributed by atoms with Crippen LogP contribution in [0.3, 0.4) is 0 Å². The van der Waals surface area contributed by atoms with Crippen molar-refractivity contribution in [3.63, 3.8) is 0 Å². The molecule has 1 rings (SSSR count). The van der Waals surface area contributed by atoms with E-state index in [2.05, 4.69) is 4.74 Å². The summed E-state index contributed by atoms with van der Waals surface area (Å²) in [6.45, 7) is 1.23. The summed E-state index contributed by atoms with van der Waals surface area (Å²) >= 11 is 0. The van der Waals surface area contributed by atoms with Crippen molar-refractivity contribution in [2.45, 2.75) is 12.5 Å². The van der Waals surface area contributed by atoms with Gasteiger partial charge in [0.15, 0.2) is 0 Å². The van der Waals surface area contributed by atoms with Gasteiger partial charge in [0.25, 0.3) is 0 Å². The Morgan fingerprint density at radius 3 is 3.09 bits per heavy atom.